The predicted octanol–water partition coefficient (Wildman–Crippen LogP) is 2.38. The van der Waals surface area contributed by atoms with Crippen molar-refractivity contribution in [3.8, 4) is 0 Å². The fourth-order valence-corrected chi connectivity index (χ4v) is 11.8. The number of benzene rings is 1. The maximum absolute atomic E-state index is 14.5. The third-order valence-electron chi connectivity index (χ3n) is 6.67. The van der Waals surface area contributed by atoms with Crippen LogP contribution in [-0.4, -0.2) is 68.4 Å². The SMILES string of the molecule is [O-][N+]1([PH](c2cccc3[nH]nnc23)(N2CCCC2)N2CCCC2)CCCC1. The van der Waals surface area contributed by atoms with Gasteiger partial charge in [-0.1, -0.05) is 0 Å². The molecule has 5 rings (SSSR count). The molecule has 142 valence electrons. The number of aromatic nitrogens is 3. The van der Waals surface area contributed by atoms with Crippen molar-refractivity contribution in [1.29, 1.82) is 0 Å². The number of hydrogen-bond donors (Lipinski definition) is 1. The van der Waals surface area contributed by atoms with Gasteiger partial charge in [-0.3, -0.25) is 0 Å². The number of quaternary nitrogens is 1. The molecule has 3 aliphatic rings. The fourth-order valence-electron chi connectivity index (χ4n) is 5.63. The third-order valence-corrected chi connectivity index (χ3v) is 12.0. The van der Waals surface area contributed by atoms with Crippen molar-refractivity contribution in [1.82, 2.24) is 24.8 Å². The number of aromatic amines is 1. The van der Waals surface area contributed by atoms with E-state index in [0.29, 0.717) is 0 Å². The topological polar surface area (TPSA) is 71.1 Å². The van der Waals surface area contributed by atoms with Crippen molar-refractivity contribution in [2.75, 3.05) is 39.3 Å². The van der Waals surface area contributed by atoms with E-state index in [2.05, 4.69) is 36.9 Å². The zero-order valence-corrected chi connectivity index (χ0v) is 16.4. The van der Waals surface area contributed by atoms with Crippen LogP contribution in [-0.2, 0) is 0 Å². The fraction of sp³-hybridized carbons (Fsp3) is 0.667. The van der Waals surface area contributed by atoms with Crippen LogP contribution in [0.15, 0.2) is 18.2 Å². The molecule has 3 fully saturated rings. The average molecular weight is 376 g/mol. The number of hydrogen-bond acceptors (Lipinski definition) is 5. The molecule has 0 radical (unpaired) electrons. The molecule has 3 saturated heterocycles. The summed E-state index contributed by atoms with van der Waals surface area (Å²) in [5.74, 6) is 0. The van der Waals surface area contributed by atoms with Crippen LogP contribution in [0.5, 0.6) is 0 Å². The maximum atomic E-state index is 14.5. The van der Waals surface area contributed by atoms with E-state index in [1.54, 1.807) is 0 Å². The normalized spacial score (nSPS) is 25.4. The molecular formula is C18H29N6OP. The van der Waals surface area contributed by atoms with Gasteiger partial charge in [-0.25, -0.2) is 0 Å². The molecule has 0 bridgehead atoms. The van der Waals surface area contributed by atoms with Crippen molar-refractivity contribution in [3.63, 3.8) is 0 Å². The first kappa shape index (κ1) is 17.0. The van der Waals surface area contributed by atoms with E-state index >= 15 is 0 Å². The van der Waals surface area contributed by atoms with Crippen LogP contribution in [0.25, 0.3) is 11.0 Å². The molecule has 0 unspecified atom stereocenters. The van der Waals surface area contributed by atoms with Crippen LogP contribution in [0.4, 0.5) is 0 Å². The van der Waals surface area contributed by atoms with Gasteiger partial charge in [0.1, 0.15) is 0 Å². The molecule has 1 aromatic heterocycles. The summed E-state index contributed by atoms with van der Waals surface area (Å²) in [6.45, 7) is 5.73. The monoisotopic (exact) mass is 376 g/mol. The Morgan fingerprint density at radius 3 is 2.15 bits per heavy atom. The van der Waals surface area contributed by atoms with Crippen LogP contribution < -0.4 is 5.30 Å². The first-order chi connectivity index (χ1) is 12.8. The summed E-state index contributed by atoms with van der Waals surface area (Å²) in [5.41, 5.74) is 1.89. The van der Waals surface area contributed by atoms with Gasteiger partial charge in [0, 0.05) is 0 Å². The third kappa shape index (κ3) is 2.31. The Morgan fingerprint density at radius 1 is 0.923 bits per heavy atom. The number of rotatable bonds is 4. The Morgan fingerprint density at radius 2 is 1.54 bits per heavy atom. The number of nitrogens with one attached hydrogen (secondary N) is 1. The summed E-state index contributed by atoms with van der Waals surface area (Å²) in [4.78, 5) is 0. The van der Waals surface area contributed by atoms with Crippen LogP contribution in [0, 0.1) is 5.21 Å². The molecule has 4 heterocycles. The summed E-state index contributed by atoms with van der Waals surface area (Å²) < 4.78 is 5.24. The number of fused-ring (bicyclic) bond motifs is 1. The second-order valence-electron chi connectivity index (χ2n) is 8.08. The van der Waals surface area contributed by atoms with Crippen LogP contribution in [0.1, 0.15) is 38.5 Å². The summed E-state index contributed by atoms with van der Waals surface area (Å²) in [6.07, 6.45) is 6.92. The Kier molecular flexibility index (Phi) is 4.25. The van der Waals surface area contributed by atoms with Crippen LogP contribution in [0.3, 0.4) is 0 Å². The van der Waals surface area contributed by atoms with Gasteiger partial charge in [0.05, 0.1) is 0 Å². The van der Waals surface area contributed by atoms with E-state index in [0.717, 1.165) is 63.1 Å². The van der Waals surface area contributed by atoms with E-state index in [4.69, 9.17) is 0 Å². The standard InChI is InChI=1S/C18H29N6OP/c25-24(14-5-6-15-24)26(22-10-1-2-11-22,23-12-3-4-13-23)17-9-7-8-16-18(17)20-21-19-16/h7-9,26H,1-6,10-15H2,(H,19,20,21). The Labute approximate surface area is 155 Å². The van der Waals surface area contributed by atoms with Crippen LogP contribution in [0.2, 0.25) is 0 Å². The summed E-state index contributed by atoms with van der Waals surface area (Å²) in [7, 11) is -2.70. The Bertz CT molecular complexity index is 761. The second-order valence-corrected chi connectivity index (χ2v) is 12.0. The van der Waals surface area contributed by atoms with Gasteiger partial charge >= 0.3 is 154 Å². The van der Waals surface area contributed by atoms with Gasteiger partial charge < -0.3 is 0 Å². The van der Waals surface area contributed by atoms with Crippen molar-refractivity contribution in [3.05, 3.63) is 23.4 Å². The first-order valence-corrected chi connectivity index (χ1v) is 12.0. The molecule has 0 atom stereocenters. The van der Waals surface area contributed by atoms with Gasteiger partial charge in [-0.2, -0.15) is 0 Å². The van der Waals surface area contributed by atoms with E-state index in [-0.39, 0.29) is 4.42 Å². The Hall–Kier alpha value is -1.11. The zero-order valence-electron chi connectivity index (χ0n) is 15.4. The van der Waals surface area contributed by atoms with Crippen molar-refractivity contribution < 1.29 is 4.42 Å². The average Bonchev–Trinajstić information content (AvgIpc) is 3.44. The molecule has 8 heteroatoms. The van der Waals surface area contributed by atoms with Crippen LogP contribution >= 0.6 is 7.71 Å². The summed E-state index contributed by atoms with van der Waals surface area (Å²) >= 11 is 0. The molecular weight excluding hydrogens is 347 g/mol. The molecule has 7 nitrogen and oxygen atoms in total. The minimum atomic E-state index is -2.70. The van der Waals surface area contributed by atoms with Crippen molar-refractivity contribution in [2.24, 2.45) is 0 Å². The minimum absolute atomic E-state index is 0.0149. The molecule has 0 amide bonds. The quantitative estimate of drug-likeness (QED) is 0.655. The predicted molar refractivity (Wildman–Crippen MR) is 106 cm³/mol. The summed E-state index contributed by atoms with van der Waals surface area (Å²) in [5, 5.41) is 27.3. The summed E-state index contributed by atoms with van der Waals surface area (Å²) in [6, 6.07) is 6.32. The first-order valence-electron chi connectivity index (χ1n) is 10.1. The molecule has 0 spiro atoms. The van der Waals surface area contributed by atoms with Gasteiger partial charge in [0.2, 0.25) is 0 Å². The van der Waals surface area contributed by atoms with Gasteiger partial charge in [0.25, 0.3) is 0 Å². The van der Waals surface area contributed by atoms with Crippen molar-refractivity contribution >= 4 is 24.1 Å². The van der Waals surface area contributed by atoms with Crippen molar-refractivity contribution in [2.45, 2.75) is 38.5 Å². The second kappa shape index (κ2) is 6.50. The molecule has 26 heavy (non-hydrogen) atoms. The van der Waals surface area contributed by atoms with E-state index in [1.807, 2.05) is 6.07 Å². The number of nitrogens with zero attached hydrogens (tertiary/aromatic N) is 5. The number of H-pyrrole nitrogens is 1. The molecule has 2 aromatic rings. The molecule has 3 aliphatic heterocycles. The zero-order chi connectivity index (χ0) is 17.6. The van der Waals surface area contributed by atoms with Gasteiger partial charge in [0.15, 0.2) is 0 Å². The van der Waals surface area contributed by atoms with Gasteiger partial charge in [-0.05, 0) is 0 Å². The molecule has 1 N–H and O–H groups in total. The van der Waals surface area contributed by atoms with Gasteiger partial charge in [-0.15, -0.1) is 0 Å². The van der Waals surface area contributed by atoms with E-state index in [9.17, 15) is 5.21 Å². The molecule has 1 aromatic carbocycles. The number of hydroxylamine groups is 2. The van der Waals surface area contributed by atoms with E-state index < -0.39 is 7.71 Å². The molecule has 0 aliphatic carbocycles. The van der Waals surface area contributed by atoms with E-state index in [1.165, 1.54) is 31.0 Å². The Balaban J connectivity index is 1.79. The molecule has 0 saturated carbocycles.